The third-order valence-corrected chi connectivity index (χ3v) is 5.53. The first-order chi connectivity index (χ1) is 11.7. The van der Waals surface area contributed by atoms with Crippen LogP contribution in [0.1, 0.15) is 37.1 Å². The van der Waals surface area contributed by atoms with Gasteiger partial charge in [0.15, 0.2) is 0 Å². The number of ketones is 1. The van der Waals surface area contributed by atoms with Crippen molar-refractivity contribution in [3.05, 3.63) is 40.8 Å². The number of anilines is 1. The molecule has 1 aliphatic rings. The van der Waals surface area contributed by atoms with Gasteiger partial charge in [-0.25, -0.2) is 9.97 Å². The summed E-state index contributed by atoms with van der Waals surface area (Å²) in [6.07, 6.45) is 6.40. The highest BCUT2D eigenvalue weighted by Gasteiger charge is 2.27. The van der Waals surface area contributed by atoms with Gasteiger partial charge in [0.2, 0.25) is 5.95 Å². The molecule has 1 aliphatic heterocycles. The number of hydrogen-bond donors (Lipinski definition) is 1. The topological polar surface area (TPSA) is 58.1 Å². The highest BCUT2D eigenvalue weighted by molar-refractivity contribution is 7.10. The van der Waals surface area contributed by atoms with Gasteiger partial charge in [-0.1, -0.05) is 6.07 Å². The molecule has 1 atom stereocenters. The molecule has 0 aromatic carbocycles. The van der Waals surface area contributed by atoms with E-state index in [9.17, 15) is 4.79 Å². The van der Waals surface area contributed by atoms with E-state index in [4.69, 9.17) is 0 Å². The molecular formula is C18H24N4OS. The average Bonchev–Trinajstić information content (AvgIpc) is 3.13. The Balaban J connectivity index is 1.52. The molecule has 2 aromatic heterocycles. The maximum atomic E-state index is 11.7. The third-order valence-electron chi connectivity index (χ3n) is 4.56. The number of likely N-dealkylation sites (tertiary alicyclic amines) is 1. The van der Waals surface area contributed by atoms with Crippen LogP contribution >= 0.6 is 11.3 Å². The quantitative estimate of drug-likeness (QED) is 0.834. The number of carbonyl (C=O) groups excluding carboxylic acids is 1. The molecule has 3 rings (SSSR count). The zero-order valence-corrected chi connectivity index (χ0v) is 14.8. The Bertz CT molecular complexity index is 624. The second kappa shape index (κ2) is 8.35. The zero-order valence-electron chi connectivity index (χ0n) is 14.0. The third kappa shape index (κ3) is 4.61. The fraction of sp³-hybridized carbons (Fsp3) is 0.500. The standard InChI is InChI=1S/C18H24N4OS/c1-14(23)12-16(17-4-2-11-24-17)22-9-5-15(6-10-22)13-21-18-19-7-3-8-20-18/h2-4,7-8,11,15-16H,5-6,9-10,12-13H2,1H3,(H,19,20,21). The van der Waals surface area contributed by atoms with Crippen LogP contribution in [-0.4, -0.2) is 40.3 Å². The summed E-state index contributed by atoms with van der Waals surface area (Å²) in [5.41, 5.74) is 0. The monoisotopic (exact) mass is 344 g/mol. The van der Waals surface area contributed by atoms with Crippen LogP contribution in [0.3, 0.4) is 0 Å². The molecule has 0 radical (unpaired) electrons. The normalized spacial score (nSPS) is 17.5. The highest BCUT2D eigenvalue weighted by atomic mass is 32.1. The van der Waals surface area contributed by atoms with Gasteiger partial charge < -0.3 is 5.32 Å². The van der Waals surface area contributed by atoms with E-state index in [1.54, 1.807) is 30.7 Å². The summed E-state index contributed by atoms with van der Waals surface area (Å²) >= 11 is 1.75. The molecule has 2 aromatic rings. The number of Topliss-reactive ketones (excluding diaryl/α,β-unsaturated/α-hetero) is 1. The van der Waals surface area contributed by atoms with Gasteiger partial charge >= 0.3 is 0 Å². The molecule has 1 unspecified atom stereocenters. The summed E-state index contributed by atoms with van der Waals surface area (Å²) in [5.74, 6) is 1.60. The van der Waals surface area contributed by atoms with E-state index in [1.807, 2.05) is 6.07 Å². The molecule has 0 aliphatic carbocycles. The number of carbonyl (C=O) groups is 1. The first kappa shape index (κ1) is 17.0. The Morgan fingerprint density at radius 3 is 2.71 bits per heavy atom. The van der Waals surface area contributed by atoms with E-state index in [-0.39, 0.29) is 11.8 Å². The molecule has 1 N–H and O–H groups in total. The Labute approximate surface area is 147 Å². The molecule has 6 heteroatoms. The fourth-order valence-corrected chi connectivity index (χ4v) is 4.12. The minimum atomic E-state index is 0.244. The van der Waals surface area contributed by atoms with Crippen molar-refractivity contribution in [2.75, 3.05) is 25.0 Å². The van der Waals surface area contributed by atoms with Crippen LogP contribution < -0.4 is 5.32 Å². The van der Waals surface area contributed by atoms with Crippen molar-refractivity contribution in [3.63, 3.8) is 0 Å². The van der Waals surface area contributed by atoms with Gasteiger partial charge in [0, 0.05) is 30.2 Å². The molecule has 3 heterocycles. The highest BCUT2D eigenvalue weighted by Crippen LogP contribution is 2.32. The number of nitrogens with one attached hydrogen (secondary N) is 1. The largest absolute Gasteiger partial charge is 0.354 e. The summed E-state index contributed by atoms with van der Waals surface area (Å²) in [6, 6.07) is 6.29. The van der Waals surface area contributed by atoms with Crippen molar-refractivity contribution in [1.29, 1.82) is 0 Å². The first-order valence-corrected chi connectivity index (χ1v) is 9.38. The van der Waals surface area contributed by atoms with Crippen molar-refractivity contribution >= 4 is 23.1 Å². The summed E-state index contributed by atoms with van der Waals surface area (Å²) in [7, 11) is 0. The van der Waals surface area contributed by atoms with E-state index >= 15 is 0 Å². The Morgan fingerprint density at radius 2 is 2.08 bits per heavy atom. The van der Waals surface area contributed by atoms with E-state index in [1.165, 1.54) is 4.88 Å². The Hall–Kier alpha value is -1.79. The van der Waals surface area contributed by atoms with Crippen molar-refractivity contribution in [2.24, 2.45) is 5.92 Å². The Kier molecular flexibility index (Phi) is 5.93. The fourth-order valence-electron chi connectivity index (χ4n) is 3.26. The number of thiophene rings is 1. The molecular weight excluding hydrogens is 320 g/mol. The summed E-state index contributed by atoms with van der Waals surface area (Å²) in [5, 5.41) is 5.42. The van der Waals surface area contributed by atoms with Crippen LogP contribution in [0, 0.1) is 5.92 Å². The van der Waals surface area contributed by atoms with Crippen molar-refractivity contribution in [3.8, 4) is 0 Å². The Morgan fingerprint density at radius 1 is 1.33 bits per heavy atom. The zero-order chi connectivity index (χ0) is 16.8. The van der Waals surface area contributed by atoms with E-state index in [0.29, 0.717) is 18.3 Å². The van der Waals surface area contributed by atoms with Gasteiger partial charge in [-0.2, -0.15) is 0 Å². The average molecular weight is 344 g/mol. The minimum Gasteiger partial charge on any atom is -0.354 e. The van der Waals surface area contributed by atoms with Gasteiger partial charge in [0.1, 0.15) is 5.78 Å². The van der Waals surface area contributed by atoms with E-state index in [0.717, 1.165) is 32.5 Å². The molecule has 0 amide bonds. The smallest absolute Gasteiger partial charge is 0.222 e. The lowest BCUT2D eigenvalue weighted by Crippen LogP contribution is -2.38. The number of rotatable bonds is 7. The predicted octanol–water partition coefficient (Wildman–Crippen LogP) is 3.38. The van der Waals surface area contributed by atoms with Crippen LogP contribution in [0.25, 0.3) is 0 Å². The maximum Gasteiger partial charge on any atom is 0.222 e. The van der Waals surface area contributed by atoms with Crippen LogP contribution in [-0.2, 0) is 4.79 Å². The van der Waals surface area contributed by atoms with Gasteiger partial charge in [-0.05, 0) is 56.3 Å². The van der Waals surface area contributed by atoms with E-state index in [2.05, 4.69) is 37.7 Å². The predicted molar refractivity (Wildman–Crippen MR) is 97.2 cm³/mol. The summed E-state index contributed by atoms with van der Waals surface area (Å²) < 4.78 is 0. The summed E-state index contributed by atoms with van der Waals surface area (Å²) in [6.45, 7) is 4.68. The second-order valence-corrected chi connectivity index (χ2v) is 7.35. The van der Waals surface area contributed by atoms with Crippen LogP contribution in [0.5, 0.6) is 0 Å². The molecule has 5 nitrogen and oxygen atoms in total. The number of hydrogen-bond acceptors (Lipinski definition) is 6. The lowest BCUT2D eigenvalue weighted by molar-refractivity contribution is -0.118. The van der Waals surface area contributed by atoms with Gasteiger partial charge in [0.25, 0.3) is 0 Å². The maximum absolute atomic E-state index is 11.7. The summed E-state index contributed by atoms with van der Waals surface area (Å²) in [4.78, 5) is 23.9. The van der Waals surface area contributed by atoms with E-state index < -0.39 is 0 Å². The van der Waals surface area contributed by atoms with Gasteiger partial charge in [-0.15, -0.1) is 11.3 Å². The SMILES string of the molecule is CC(=O)CC(c1cccs1)N1CCC(CNc2ncccn2)CC1. The molecule has 1 fully saturated rings. The van der Waals surface area contributed by atoms with Crippen molar-refractivity contribution < 1.29 is 4.79 Å². The molecule has 24 heavy (non-hydrogen) atoms. The number of piperidine rings is 1. The van der Waals surface area contributed by atoms with Crippen LogP contribution in [0.15, 0.2) is 36.0 Å². The lowest BCUT2D eigenvalue weighted by atomic mass is 9.94. The minimum absolute atomic E-state index is 0.244. The molecule has 0 bridgehead atoms. The number of aromatic nitrogens is 2. The lowest BCUT2D eigenvalue weighted by Gasteiger charge is -2.37. The van der Waals surface area contributed by atoms with Crippen molar-refractivity contribution in [1.82, 2.24) is 14.9 Å². The van der Waals surface area contributed by atoms with Gasteiger partial charge in [0.05, 0.1) is 6.04 Å². The molecule has 0 saturated carbocycles. The van der Waals surface area contributed by atoms with Crippen LogP contribution in [0.4, 0.5) is 5.95 Å². The molecule has 128 valence electrons. The van der Waals surface area contributed by atoms with Gasteiger partial charge in [-0.3, -0.25) is 9.69 Å². The van der Waals surface area contributed by atoms with Crippen LogP contribution in [0.2, 0.25) is 0 Å². The molecule has 1 saturated heterocycles. The molecule has 0 spiro atoms. The second-order valence-electron chi connectivity index (χ2n) is 6.37. The van der Waals surface area contributed by atoms with Crippen molar-refractivity contribution in [2.45, 2.75) is 32.2 Å². The first-order valence-electron chi connectivity index (χ1n) is 8.50. The number of nitrogens with zero attached hydrogens (tertiary/aromatic N) is 3.